The van der Waals surface area contributed by atoms with E-state index in [2.05, 4.69) is 34.7 Å². The Labute approximate surface area is 132 Å². The van der Waals surface area contributed by atoms with Gasteiger partial charge in [0.1, 0.15) is 0 Å². The van der Waals surface area contributed by atoms with Crippen LogP contribution in [0.1, 0.15) is 35.5 Å². The standard InChI is InChI=1S/C16H18BrN3O/c1-9(2)20-6-5-14-12(8-20)15(16(18)21)11-7-10(17)3-4-13(11)19-14/h3-4,7,9H,5-6,8H2,1-2H3,(H2,18,21). The van der Waals surface area contributed by atoms with Crippen LogP contribution in [0.3, 0.4) is 0 Å². The number of carbonyl (C=O) groups excluding carboxylic acids is 1. The number of benzene rings is 1. The number of nitrogens with two attached hydrogens (primary N) is 1. The van der Waals surface area contributed by atoms with Crippen molar-refractivity contribution < 1.29 is 4.79 Å². The fraction of sp³-hybridized carbons (Fsp3) is 0.375. The quantitative estimate of drug-likeness (QED) is 0.908. The summed E-state index contributed by atoms with van der Waals surface area (Å²) in [7, 11) is 0. The number of primary amides is 1. The zero-order chi connectivity index (χ0) is 15.1. The number of halogens is 1. The molecule has 2 heterocycles. The molecule has 2 N–H and O–H groups in total. The maximum Gasteiger partial charge on any atom is 0.249 e. The SMILES string of the molecule is CC(C)N1CCc2nc3ccc(Br)cc3c(C(N)=O)c2C1. The van der Waals surface area contributed by atoms with E-state index in [0.29, 0.717) is 11.6 Å². The molecule has 0 fully saturated rings. The normalized spacial score (nSPS) is 15.4. The number of rotatable bonds is 2. The summed E-state index contributed by atoms with van der Waals surface area (Å²) in [6.45, 7) is 6.04. The molecular formula is C16H18BrN3O. The molecule has 1 amide bonds. The van der Waals surface area contributed by atoms with Crippen molar-refractivity contribution in [3.8, 4) is 0 Å². The Morgan fingerprint density at radius 2 is 2.19 bits per heavy atom. The number of hydrogen-bond acceptors (Lipinski definition) is 3. The number of carbonyl (C=O) groups is 1. The Kier molecular flexibility index (Phi) is 3.71. The largest absolute Gasteiger partial charge is 0.366 e. The van der Waals surface area contributed by atoms with Gasteiger partial charge in [-0.25, -0.2) is 0 Å². The van der Waals surface area contributed by atoms with Crippen molar-refractivity contribution in [3.05, 3.63) is 39.5 Å². The van der Waals surface area contributed by atoms with Crippen LogP contribution >= 0.6 is 15.9 Å². The van der Waals surface area contributed by atoms with Crippen LogP contribution in [0.5, 0.6) is 0 Å². The van der Waals surface area contributed by atoms with Crippen molar-refractivity contribution in [2.45, 2.75) is 32.9 Å². The van der Waals surface area contributed by atoms with Crippen LogP contribution < -0.4 is 5.73 Å². The Morgan fingerprint density at radius 3 is 2.86 bits per heavy atom. The van der Waals surface area contributed by atoms with Crippen LogP contribution in [0, 0.1) is 0 Å². The molecule has 1 aromatic carbocycles. The topological polar surface area (TPSA) is 59.2 Å². The molecule has 1 aliphatic rings. The summed E-state index contributed by atoms with van der Waals surface area (Å²) in [4.78, 5) is 19.1. The van der Waals surface area contributed by atoms with Crippen LogP contribution in [-0.2, 0) is 13.0 Å². The van der Waals surface area contributed by atoms with Gasteiger partial charge < -0.3 is 5.73 Å². The van der Waals surface area contributed by atoms with Gasteiger partial charge in [-0.2, -0.15) is 0 Å². The Balaban J connectivity index is 2.26. The summed E-state index contributed by atoms with van der Waals surface area (Å²) in [5.41, 5.74) is 9.14. The molecule has 0 radical (unpaired) electrons. The zero-order valence-electron chi connectivity index (χ0n) is 12.2. The minimum atomic E-state index is -0.373. The van der Waals surface area contributed by atoms with Crippen molar-refractivity contribution in [1.82, 2.24) is 9.88 Å². The third-order valence-electron chi connectivity index (χ3n) is 4.11. The van der Waals surface area contributed by atoms with Gasteiger partial charge in [-0.1, -0.05) is 15.9 Å². The van der Waals surface area contributed by atoms with Gasteiger partial charge in [0.15, 0.2) is 0 Å². The number of fused-ring (bicyclic) bond motifs is 2. The van der Waals surface area contributed by atoms with E-state index in [-0.39, 0.29) is 5.91 Å². The molecule has 21 heavy (non-hydrogen) atoms. The molecule has 0 saturated carbocycles. The zero-order valence-corrected chi connectivity index (χ0v) is 13.8. The minimum absolute atomic E-state index is 0.373. The lowest BCUT2D eigenvalue weighted by molar-refractivity contribution is 0.0998. The molecule has 0 spiro atoms. The summed E-state index contributed by atoms with van der Waals surface area (Å²) in [6, 6.07) is 6.24. The summed E-state index contributed by atoms with van der Waals surface area (Å²) in [5.74, 6) is -0.373. The van der Waals surface area contributed by atoms with E-state index in [1.807, 2.05) is 18.2 Å². The highest BCUT2D eigenvalue weighted by Gasteiger charge is 2.25. The molecule has 0 bridgehead atoms. The van der Waals surface area contributed by atoms with Gasteiger partial charge in [-0.05, 0) is 32.0 Å². The van der Waals surface area contributed by atoms with Crippen LogP contribution in [0.25, 0.3) is 10.9 Å². The predicted octanol–water partition coefficient (Wildman–Crippen LogP) is 2.86. The Morgan fingerprint density at radius 1 is 1.43 bits per heavy atom. The minimum Gasteiger partial charge on any atom is -0.366 e. The van der Waals surface area contributed by atoms with Crippen LogP contribution in [0.4, 0.5) is 0 Å². The summed E-state index contributed by atoms with van der Waals surface area (Å²) in [6.07, 6.45) is 0.861. The van der Waals surface area contributed by atoms with Crippen LogP contribution in [0.15, 0.2) is 22.7 Å². The lowest BCUT2D eigenvalue weighted by Crippen LogP contribution is -2.37. The third kappa shape index (κ3) is 2.56. The van der Waals surface area contributed by atoms with Gasteiger partial charge in [-0.15, -0.1) is 0 Å². The molecule has 5 heteroatoms. The smallest absolute Gasteiger partial charge is 0.249 e. The number of hydrogen-bond donors (Lipinski definition) is 1. The van der Waals surface area contributed by atoms with E-state index >= 15 is 0 Å². The van der Waals surface area contributed by atoms with Gasteiger partial charge in [0.25, 0.3) is 0 Å². The molecule has 3 rings (SSSR count). The van der Waals surface area contributed by atoms with Crippen molar-refractivity contribution in [1.29, 1.82) is 0 Å². The summed E-state index contributed by atoms with van der Waals surface area (Å²) in [5, 5.41) is 0.834. The first kappa shape index (κ1) is 14.5. The number of amides is 1. The van der Waals surface area contributed by atoms with E-state index in [0.717, 1.165) is 46.1 Å². The average Bonchev–Trinajstić information content (AvgIpc) is 2.43. The fourth-order valence-electron chi connectivity index (χ4n) is 2.96. The molecule has 110 valence electrons. The molecule has 1 aromatic heterocycles. The van der Waals surface area contributed by atoms with Crippen molar-refractivity contribution in [3.63, 3.8) is 0 Å². The third-order valence-corrected chi connectivity index (χ3v) is 4.60. The second-order valence-corrected chi connectivity index (χ2v) is 6.67. The lowest BCUT2D eigenvalue weighted by atomic mass is 9.95. The molecule has 0 aliphatic carbocycles. The van der Waals surface area contributed by atoms with E-state index in [1.54, 1.807) is 0 Å². The van der Waals surface area contributed by atoms with E-state index < -0.39 is 0 Å². The van der Waals surface area contributed by atoms with Gasteiger partial charge in [0.2, 0.25) is 5.91 Å². The van der Waals surface area contributed by atoms with Gasteiger partial charge in [0, 0.05) is 46.7 Å². The first-order valence-electron chi connectivity index (χ1n) is 7.12. The number of nitrogens with zero attached hydrogens (tertiary/aromatic N) is 2. The van der Waals surface area contributed by atoms with Crippen molar-refractivity contribution in [2.24, 2.45) is 5.73 Å². The van der Waals surface area contributed by atoms with Crippen LogP contribution in [-0.4, -0.2) is 28.4 Å². The fourth-order valence-corrected chi connectivity index (χ4v) is 3.32. The number of pyridine rings is 1. The van der Waals surface area contributed by atoms with Crippen LogP contribution in [0.2, 0.25) is 0 Å². The van der Waals surface area contributed by atoms with E-state index in [9.17, 15) is 4.79 Å². The Hall–Kier alpha value is -1.46. The highest BCUT2D eigenvalue weighted by molar-refractivity contribution is 9.10. The molecule has 0 saturated heterocycles. The van der Waals surface area contributed by atoms with Crippen molar-refractivity contribution >= 4 is 32.7 Å². The second kappa shape index (κ2) is 5.39. The number of aromatic nitrogens is 1. The van der Waals surface area contributed by atoms with E-state index in [4.69, 9.17) is 10.7 Å². The maximum absolute atomic E-state index is 12.0. The van der Waals surface area contributed by atoms with Gasteiger partial charge >= 0.3 is 0 Å². The highest BCUT2D eigenvalue weighted by atomic mass is 79.9. The second-order valence-electron chi connectivity index (χ2n) is 5.75. The summed E-state index contributed by atoms with van der Waals surface area (Å²) < 4.78 is 0.927. The lowest BCUT2D eigenvalue weighted by Gasteiger charge is -2.32. The first-order valence-corrected chi connectivity index (χ1v) is 7.91. The van der Waals surface area contributed by atoms with E-state index in [1.165, 1.54) is 0 Å². The predicted molar refractivity (Wildman–Crippen MR) is 87.2 cm³/mol. The molecule has 0 atom stereocenters. The molecular weight excluding hydrogens is 330 g/mol. The maximum atomic E-state index is 12.0. The highest BCUT2D eigenvalue weighted by Crippen LogP contribution is 2.30. The van der Waals surface area contributed by atoms with Gasteiger partial charge in [0.05, 0.1) is 11.1 Å². The first-order chi connectivity index (χ1) is 9.97. The molecule has 4 nitrogen and oxygen atoms in total. The molecule has 0 unspecified atom stereocenters. The Bertz CT molecular complexity index is 727. The monoisotopic (exact) mass is 347 g/mol. The summed E-state index contributed by atoms with van der Waals surface area (Å²) >= 11 is 3.46. The molecule has 1 aliphatic heterocycles. The average molecular weight is 348 g/mol. The van der Waals surface area contributed by atoms with Crippen molar-refractivity contribution in [2.75, 3.05) is 6.54 Å². The molecule has 2 aromatic rings. The van der Waals surface area contributed by atoms with Gasteiger partial charge in [-0.3, -0.25) is 14.7 Å².